The molecule has 0 saturated heterocycles. The summed E-state index contributed by atoms with van der Waals surface area (Å²) in [5.41, 5.74) is -0.777. The van der Waals surface area contributed by atoms with E-state index in [1.165, 1.54) is 23.9 Å². The second kappa shape index (κ2) is 6.34. The van der Waals surface area contributed by atoms with Crippen LogP contribution in [0.5, 0.6) is 0 Å². The van der Waals surface area contributed by atoms with E-state index < -0.39 is 10.4 Å². The molecule has 0 aliphatic carbocycles. The highest BCUT2D eigenvalue weighted by Gasteiger charge is 2.04. The van der Waals surface area contributed by atoms with Gasteiger partial charge in [-0.05, 0) is 12.1 Å². The Balaban J connectivity index is 2.38. The molecule has 0 unspecified atom stereocenters. The molecule has 1 aromatic carbocycles. The van der Waals surface area contributed by atoms with Gasteiger partial charge in [0.1, 0.15) is 6.61 Å². The van der Waals surface area contributed by atoms with Crippen molar-refractivity contribution in [3.63, 3.8) is 0 Å². The zero-order chi connectivity index (χ0) is 12.0. The molecule has 0 aromatic heterocycles. The molecule has 0 amide bonds. The summed E-state index contributed by atoms with van der Waals surface area (Å²) >= 11 is 6.39. The van der Waals surface area contributed by atoms with Crippen LogP contribution in [0.4, 0.5) is 10.5 Å². The van der Waals surface area contributed by atoms with Crippen LogP contribution in [0.1, 0.15) is 0 Å². The van der Waals surface area contributed by atoms with Crippen molar-refractivity contribution in [2.24, 2.45) is 0 Å². The number of non-ortho nitro benzene ring substituents is 1. The lowest BCUT2D eigenvalue weighted by Crippen LogP contribution is -1.98. The monoisotopic (exact) mass is 261 g/mol. The number of halogens is 1. The maximum atomic E-state index is 10.4. The first kappa shape index (κ1) is 12.8. The third-order valence-electron chi connectivity index (χ3n) is 1.62. The number of nitro groups is 1. The number of carbonyl (C=O) groups excluding carboxylic acids is 1. The summed E-state index contributed by atoms with van der Waals surface area (Å²) in [7, 11) is 0. The summed E-state index contributed by atoms with van der Waals surface area (Å²) in [6.07, 6.45) is 0. The van der Waals surface area contributed by atoms with Crippen molar-refractivity contribution >= 4 is 34.5 Å². The molecule has 0 spiro atoms. The number of thioether (sulfide) groups is 1. The van der Waals surface area contributed by atoms with Gasteiger partial charge in [0.25, 0.3) is 5.69 Å². The van der Waals surface area contributed by atoms with Gasteiger partial charge in [0.2, 0.25) is 0 Å². The Morgan fingerprint density at radius 1 is 1.44 bits per heavy atom. The Hall–Kier alpha value is -1.27. The molecular formula is C9H8ClNO4S. The van der Waals surface area contributed by atoms with Crippen molar-refractivity contribution < 1.29 is 14.5 Å². The van der Waals surface area contributed by atoms with E-state index in [1.807, 2.05) is 0 Å². The minimum atomic E-state index is -0.829. The molecule has 1 aromatic rings. The van der Waals surface area contributed by atoms with Gasteiger partial charge in [-0.15, -0.1) is 11.8 Å². The fourth-order valence-corrected chi connectivity index (χ4v) is 1.75. The summed E-state index contributed by atoms with van der Waals surface area (Å²) in [6, 6.07) is 6.14. The first-order valence-corrected chi connectivity index (χ1v) is 5.65. The van der Waals surface area contributed by atoms with Crippen molar-refractivity contribution in [2.75, 3.05) is 12.4 Å². The van der Waals surface area contributed by atoms with E-state index in [-0.39, 0.29) is 12.3 Å². The number of hydrogen-bond donors (Lipinski definition) is 0. The van der Waals surface area contributed by atoms with E-state index in [1.54, 1.807) is 12.1 Å². The number of hydrogen-bond acceptors (Lipinski definition) is 5. The average Bonchev–Trinajstić information content (AvgIpc) is 2.25. The molecule has 1 rings (SSSR count). The number of nitro benzene ring substituents is 1. The van der Waals surface area contributed by atoms with Gasteiger partial charge in [0.15, 0.2) is 0 Å². The van der Waals surface area contributed by atoms with Gasteiger partial charge >= 0.3 is 5.43 Å². The van der Waals surface area contributed by atoms with Gasteiger partial charge in [-0.25, -0.2) is 4.79 Å². The van der Waals surface area contributed by atoms with Crippen LogP contribution in [-0.4, -0.2) is 22.7 Å². The third kappa shape index (κ3) is 4.50. The molecular weight excluding hydrogens is 254 g/mol. The van der Waals surface area contributed by atoms with E-state index >= 15 is 0 Å². The smallest absolute Gasteiger partial charge is 0.403 e. The molecule has 0 bridgehead atoms. The van der Waals surface area contributed by atoms with Crippen molar-refractivity contribution in [1.82, 2.24) is 0 Å². The zero-order valence-corrected chi connectivity index (χ0v) is 9.66. The topological polar surface area (TPSA) is 69.4 Å². The maximum absolute atomic E-state index is 10.4. The quantitative estimate of drug-likeness (QED) is 0.268. The van der Waals surface area contributed by atoms with Crippen LogP contribution in [0.2, 0.25) is 0 Å². The predicted octanol–water partition coefficient (Wildman–Crippen LogP) is 3.06. The molecule has 0 fully saturated rings. The first-order chi connectivity index (χ1) is 7.59. The molecule has 86 valence electrons. The summed E-state index contributed by atoms with van der Waals surface area (Å²) < 4.78 is 4.52. The average molecular weight is 262 g/mol. The Kier molecular flexibility index (Phi) is 5.07. The Morgan fingerprint density at radius 3 is 2.56 bits per heavy atom. The van der Waals surface area contributed by atoms with Gasteiger partial charge < -0.3 is 4.74 Å². The lowest BCUT2D eigenvalue weighted by atomic mass is 10.3. The van der Waals surface area contributed by atoms with Crippen LogP contribution in [0.25, 0.3) is 0 Å². The highest BCUT2D eigenvalue weighted by molar-refractivity contribution is 7.99. The zero-order valence-electron chi connectivity index (χ0n) is 8.09. The Morgan fingerprint density at radius 2 is 2.06 bits per heavy atom. The number of rotatable bonds is 5. The van der Waals surface area contributed by atoms with E-state index in [0.717, 1.165) is 4.90 Å². The van der Waals surface area contributed by atoms with Gasteiger partial charge in [-0.3, -0.25) is 10.1 Å². The molecule has 0 N–H and O–H groups in total. The molecule has 0 aliphatic heterocycles. The molecule has 0 heterocycles. The van der Waals surface area contributed by atoms with Crippen LogP contribution < -0.4 is 0 Å². The maximum Gasteiger partial charge on any atom is 0.403 e. The molecule has 7 heteroatoms. The van der Waals surface area contributed by atoms with Crippen molar-refractivity contribution in [1.29, 1.82) is 0 Å². The minimum absolute atomic E-state index is 0.0523. The fourth-order valence-electron chi connectivity index (χ4n) is 0.946. The Bertz CT molecular complexity index is 382. The largest absolute Gasteiger partial charge is 0.453 e. The molecule has 0 atom stereocenters. The van der Waals surface area contributed by atoms with E-state index in [9.17, 15) is 14.9 Å². The van der Waals surface area contributed by atoms with Crippen molar-refractivity contribution in [3.8, 4) is 0 Å². The standard InChI is InChI=1S/C9H8ClNO4S/c10-9(12)15-5-6-16-8-3-1-7(2-4-8)11(13)14/h1-4H,5-6H2. The van der Waals surface area contributed by atoms with Gasteiger partial charge in [-0.2, -0.15) is 0 Å². The number of ether oxygens (including phenoxy) is 1. The normalized spacial score (nSPS) is 9.81. The van der Waals surface area contributed by atoms with Gasteiger partial charge in [0, 0.05) is 34.4 Å². The molecule has 0 aliphatic rings. The fraction of sp³-hybridized carbons (Fsp3) is 0.222. The van der Waals surface area contributed by atoms with E-state index in [0.29, 0.717) is 5.75 Å². The third-order valence-corrected chi connectivity index (χ3v) is 2.70. The number of benzene rings is 1. The highest BCUT2D eigenvalue weighted by Crippen LogP contribution is 2.21. The second-order valence-corrected chi connectivity index (χ2v) is 4.16. The minimum Gasteiger partial charge on any atom is -0.453 e. The van der Waals surface area contributed by atoms with Crippen LogP contribution in [0.3, 0.4) is 0 Å². The highest BCUT2D eigenvalue weighted by atomic mass is 35.5. The summed E-state index contributed by atoms with van der Waals surface area (Å²) in [5, 5.41) is 10.4. The van der Waals surface area contributed by atoms with Gasteiger partial charge in [-0.1, -0.05) is 0 Å². The Labute approximate surface area is 101 Å². The second-order valence-electron chi connectivity index (χ2n) is 2.69. The van der Waals surface area contributed by atoms with E-state index in [2.05, 4.69) is 4.74 Å². The summed E-state index contributed by atoms with van der Waals surface area (Å²) in [6.45, 7) is 0.212. The molecule has 0 radical (unpaired) electrons. The molecule has 0 saturated carbocycles. The van der Waals surface area contributed by atoms with Crippen LogP contribution >= 0.6 is 23.4 Å². The lowest BCUT2D eigenvalue weighted by Gasteiger charge is -2.01. The first-order valence-electron chi connectivity index (χ1n) is 4.29. The summed E-state index contributed by atoms with van der Waals surface area (Å²) in [5.74, 6) is 0.552. The van der Waals surface area contributed by atoms with Gasteiger partial charge in [0.05, 0.1) is 4.92 Å². The van der Waals surface area contributed by atoms with Crippen LogP contribution in [0, 0.1) is 10.1 Å². The van der Waals surface area contributed by atoms with Crippen molar-refractivity contribution in [2.45, 2.75) is 4.90 Å². The summed E-state index contributed by atoms with van der Waals surface area (Å²) in [4.78, 5) is 21.0. The number of carbonyl (C=O) groups is 1. The van der Waals surface area contributed by atoms with Crippen LogP contribution in [0.15, 0.2) is 29.2 Å². The molecule has 5 nitrogen and oxygen atoms in total. The van der Waals surface area contributed by atoms with Crippen LogP contribution in [-0.2, 0) is 4.74 Å². The lowest BCUT2D eigenvalue weighted by molar-refractivity contribution is -0.384. The predicted molar refractivity (Wildman–Crippen MR) is 61.0 cm³/mol. The van der Waals surface area contributed by atoms with E-state index in [4.69, 9.17) is 11.6 Å². The number of nitrogens with zero attached hydrogens (tertiary/aromatic N) is 1. The van der Waals surface area contributed by atoms with Crippen molar-refractivity contribution in [3.05, 3.63) is 34.4 Å². The molecule has 16 heavy (non-hydrogen) atoms. The SMILES string of the molecule is O=C(Cl)OCCSc1ccc([N+](=O)[O-])cc1.